The quantitative estimate of drug-likeness (QED) is 0.425. The molecule has 0 heterocycles. The lowest BCUT2D eigenvalue weighted by Crippen LogP contribution is -2.49. The predicted molar refractivity (Wildman–Crippen MR) is 85.7 cm³/mol. The van der Waals surface area contributed by atoms with E-state index in [1.165, 1.54) is 12.3 Å². The van der Waals surface area contributed by atoms with Crippen LogP contribution in [0.3, 0.4) is 0 Å². The van der Waals surface area contributed by atoms with Crippen molar-refractivity contribution in [2.45, 2.75) is 52.3 Å². The number of carbonyl (C=O) groups excluding carboxylic acids is 1. The van der Waals surface area contributed by atoms with Gasteiger partial charge in [0.15, 0.2) is 0 Å². The summed E-state index contributed by atoms with van der Waals surface area (Å²) in [5, 5.41) is 14.8. The number of hydrogen-bond acceptors (Lipinski definition) is 6. The lowest BCUT2D eigenvalue weighted by molar-refractivity contribution is -0.161. The molecule has 0 aromatic heterocycles. The molecule has 0 saturated heterocycles. The Morgan fingerprint density at radius 2 is 2.00 bits per heavy atom. The minimum Gasteiger partial charge on any atom is -0.459 e. The van der Waals surface area contributed by atoms with Gasteiger partial charge in [-0.3, -0.25) is 15.3 Å². The zero-order chi connectivity index (χ0) is 17.7. The van der Waals surface area contributed by atoms with E-state index in [1.807, 2.05) is 0 Å². The molecule has 0 saturated carbocycles. The van der Waals surface area contributed by atoms with Gasteiger partial charge in [-0.05, 0) is 46.2 Å². The fraction of sp³-hybridized carbons (Fsp3) is 0.500. The number of halogens is 1. The van der Waals surface area contributed by atoms with Crippen LogP contribution < -0.4 is 10.9 Å². The minimum absolute atomic E-state index is 0.174. The summed E-state index contributed by atoms with van der Waals surface area (Å²) in [4.78, 5) is 12.1. The molecular weight excluding hydrogens is 301 g/mol. The lowest BCUT2D eigenvalue weighted by Gasteiger charge is -2.29. The van der Waals surface area contributed by atoms with Crippen molar-refractivity contribution in [3.8, 4) is 0 Å². The minimum atomic E-state index is -0.944. The molecule has 0 amide bonds. The largest absolute Gasteiger partial charge is 0.459 e. The second-order valence-corrected chi connectivity index (χ2v) is 6.69. The van der Waals surface area contributed by atoms with Gasteiger partial charge >= 0.3 is 5.97 Å². The number of ether oxygens (including phenoxy) is 1. The topological polar surface area (TPSA) is 83.0 Å². The van der Waals surface area contributed by atoms with Crippen LogP contribution in [0.5, 0.6) is 0 Å². The first-order valence-corrected chi connectivity index (χ1v) is 7.24. The van der Waals surface area contributed by atoms with E-state index in [2.05, 4.69) is 10.4 Å². The van der Waals surface area contributed by atoms with Crippen LogP contribution in [0.2, 0.25) is 0 Å². The Balaban J connectivity index is 2.73. The monoisotopic (exact) mass is 325 g/mol. The number of carbonyl (C=O) groups is 1. The standard InChI is InChI=1S/C16H24FN3O3/c1-15(2,3)23-14(21)16(4,5)18-10-12-7-6-11(8-13(12)17)9-19-20-22/h6-9,18,20,22H,10H2,1-5H3/b19-9-. The van der Waals surface area contributed by atoms with E-state index < -0.39 is 22.9 Å². The van der Waals surface area contributed by atoms with Crippen LogP contribution in [0.4, 0.5) is 4.39 Å². The third kappa shape index (κ3) is 6.33. The molecule has 0 spiro atoms. The molecule has 128 valence electrons. The summed E-state index contributed by atoms with van der Waals surface area (Å²) in [5.74, 6) is -0.831. The van der Waals surface area contributed by atoms with Gasteiger partial charge in [0, 0.05) is 12.1 Å². The first-order valence-electron chi connectivity index (χ1n) is 7.24. The van der Waals surface area contributed by atoms with Crippen molar-refractivity contribution in [1.82, 2.24) is 10.9 Å². The summed E-state index contributed by atoms with van der Waals surface area (Å²) in [7, 11) is 0. The first kappa shape index (κ1) is 19.1. The van der Waals surface area contributed by atoms with E-state index in [0.29, 0.717) is 11.1 Å². The Hall–Kier alpha value is -1.99. The van der Waals surface area contributed by atoms with Crippen molar-refractivity contribution in [2.24, 2.45) is 5.10 Å². The van der Waals surface area contributed by atoms with E-state index >= 15 is 0 Å². The normalized spacial score (nSPS) is 12.5. The van der Waals surface area contributed by atoms with Crippen molar-refractivity contribution in [3.05, 3.63) is 35.1 Å². The highest BCUT2D eigenvalue weighted by Crippen LogP contribution is 2.16. The molecule has 0 aliphatic rings. The Morgan fingerprint density at radius 1 is 1.35 bits per heavy atom. The highest BCUT2D eigenvalue weighted by molar-refractivity contribution is 5.80. The Labute approximate surface area is 135 Å². The van der Waals surface area contributed by atoms with Gasteiger partial charge in [-0.1, -0.05) is 12.1 Å². The second kappa shape index (κ2) is 7.52. The number of rotatable bonds is 6. The number of esters is 1. The fourth-order valence-electron chi connectivity index (χ4n) is 1.68. The van der Waals surface area contributed by atoms with E-state index in [0.717, 1.165) is 0 Å². The van der Waals surface area contributed by atoms with Crippen LogP contribution >= 0.6 is 0 Å². The molecule has 0 aliphatic heterocycles. The predicted octanol–water partition coefficient (Wildman–Crippen LogP) is 2.35. The molecule has 1 rings (SSSR count). The zero-order valence-electron chi connectivity index (χ0n) is 14.1. The molecule has 0 bridgehead atoms. The molecule has 0 atom stereocenters. The van der Waals surface area contributed by atoms with Gasteiger partial charge in [0.25, 0.3) is 0 Å². The smallest absolute Gasteiger partial charge is 0.326 e. The number of nitrogens with zero attached hydrogens (tertiary/aromatic N) is 1. The number of hydrazone groups is 1. The van der Waals surface area contributed by atoms with Crippen molar-refractivity contribution in [2.75, 3.05) is 0 Å². The van der Waals surface area contributed by atoms with Crippen LogP contribution in [0.25, 0.3) is 0 Å². The van der Waals surface area contributed by atoms with E-state index in [9.17, 15) is 9.18 Å². The summed E-state index contributed by atoms with van der Waals surface area (Å²) in [5.41, 5.74) is 0.997. The number of nitrogens with one attached hydrogen (secondary N) is 2. The average Bonchev–Trinajstić information content (AvgIpc) is 2.42. The Kier molecular flexibility index (Phi) is 6.23. The van der Waals surface area contributed by atoms with Gasteiger partial charge in [0.1, 0.15) is 17.0 Å². The maximum atomic E-state index is 14.0. The molecule has 1 aromatic carbocycles. The van der Waals surface area contributed by atoms with E-state index in [4.69, 9.17) is 9.94 Å². The SMILES string of the molecule is CC(C)(C)OC(=O)C(C)(C)NCc1ccc(/C=N\NO)cc1F. The summed E-state index contributed by atoms with van der Waals surface area (Å²) >= 11 is 0. The maximum absolute atomic E-state index is 14.0. The van der Waals surface area contributed by atoms with Crippen molar-refractivity contribution in [1.29, 1.82) is 0 Å². The number of hydrogen-bond donors (Lipinski definition) is 3. The van der Waals surface area contributed by atoms with E-state index in [-0.39, 0.29) is 6.54 Å². The molecule has 7 heteroatoms. The van der Waals surface area contributed by atoms with Crippen LogP contribution in [-0.4, -0.2) is 28.5 Å². The zero-order valence-corrected chi connectivity index (χ0v) is 14.1. The molecule has 0 aliphatic carbocycles. The van der Waals surface area contributed by atoms with Crippen LogP contribution in [0.15, 0.2) is 23.3 Å². The molecular formula is C16H24FN3O3. The molecule has 0 unspecified atom stereocenters. The lowest BCUT2D eigenvalue weighted by atomic mass is 10.0. The highest BCUT2D eigenvalue weighted by atomic mass is 19.1. The molecule has 6 nitrogen and oxygen atoms in total. The molecule has 1 aromatic rings. The van der Waals surface area contributed by atoms with Gasteiger partial charge < -0.3 is 4.74 Å². The highest BCUT2D eigenvalue weighted by Gasteiger charge is 2.32. The van der Waals surface area contributed by atoms with E-state index in [1.54, 1.807) is 52.3 Å². The Bertz CT molecular complexity index is 580. The fourth-order valence-corrected chi connectivity index (χ4v) is 1.68. The van der Waals surface area contributed by atoms with Gasteiger partial charge in [-0.25, -0.2) is 4.39 Å². The molecule has 0 fully saturated rings. The molecule has 3 N–H and O–H groups in total. The van der Waals surface area contributed by atoms with Crippen LogP contribution in [0.1, 0.15) is 45.7 Å². The number of benzene rings is 1. The maximum Gasteiger partial charge on any atom is 0.326 e. The summed E-state index contributed by atoms with van der Waals surface area (Å²) in [6.45, 7) is 8.93. The van der Waals surface area contributed by atoms with Crippen molar-refractivity contribution >= 4 is 12.2 Å². The molecule has 0 radical (unpaired) electrons. The third-order valence-electron chi connectivity index (χ3n) is 2.98. The van der Waals surface area contributed by atoms with Crippen LogP contribution in [-0.2, 0) is 16.1 Å². The van der Waals surface area contributed by atoms with Gasteiger partial charge in [-0.15, -0.1) is 0 Å². The first-order chi connectivity index (χ1) is 10.5. The summed E-state index contributed by atoms with van der Waals surface area (Å²) in [6.07, 6.45) is 1.28. The van der Waals surface area contributed by atoms with Crippen molar-refractivity contribution in [3.63, 3.8) is 0 Å². The van der Waals surface area contributed by atoms with Gasteiger partial charge in [0.2, 0.25) is 0 Å². The van der Waals surface area contributed by atoms with Gasteiger partial charge in [0.05, 0.1) is 6.21 Å². The van der Waals surface area contributed by atoms with Crippen molar-refractivity contribution < 1.29 is 19.1 Å². The summed E-state index contributed by atoms with van der Waals surface area (Å²) in [6, 6.07) is 4.53. The molecule has 23 heavy (non-hydrogen) atoms. The average molecular weight is 325 g/mol. The third-order valence-corrected chi connectivity index (χ3v) is 2.98. The van der Waals surface area contributed by atoms with Crippen LogP contribution in [0, 0.1) is 5.82 Å². The summed E-state index contributed by atoms with van der Waals surface area (Å²) < 4.78 is 19.4. The van der Waals surface area contributed by atoms with Gasteiger partial charge in [-0.2, -0.15) is 10.7 Å². The second-order valence-electron chi connectivity index (χ2n) is 6.69. The Morgan fingerprint density at radius 3 is 2.52 bits per heavy atom.